The summed E-state index contributed by atoms with van der Waals surface area (Å²) in [7, 11) is 0. The minimum absolute atomic E-state index is 0.169. The van der Waals surface area contributed by atoms with Crippen molar-refractivity contribution < 1.29 is 4.79 Å². The van der Waals surface area contributed by atoms with Crippen LogP contribution < -0.4 is 5.32 Å². The van der Waals surface area contributed by atoms with Crippen molar-refractivity contribution in [1.29, 1.82) is 0 Å². The van der Waals surface area contributed by atoms with Crippen molar-refractivity contribution in [3.63, 3.8) is 0 Å². The molecule has 1 aliphatic carbocycles. The van der Waals surface area contributed by atoms with Gasteiger partial charge < -0.3 is 10.2 Å². The predicted octanol–water partition coefficient (Wildman–Crippen LogP) is 1.99. The van der Waals surface area contributed by atoms with E-state index < -0.39 is 0 Å². The van der Waals surface area contributed by atoms with E-state index in [0.717, 1.165) is 43.6 Å². The van der Waals surface area contributed by atoms with Crippen molar-refractivity contribution in [3.05, 3.63) is 29.6 Å². The molecule has 0 radical (unpaired) electrons. The highest BCUT2D eigenvalue weighted by molar-refractivity contribution is 5.94. The number of rotatable bonds is 4. The number of aromatic nitrogens is 1. The Bertz CT molecular complexity index is 478. The zero-order valence-electron chi connectivity index (χ0n) is 12.1. The lowest BCUT2D eigenvalue weighted by Gasteiger charge is -2.30. The monoisotopic (exact) mass is 273 g/mol. The van der Waals surface area contributed by atoms with Gasteiger partial charge in [0.2, 0.25) is 0 Å². The summed E-state index contributed by atoms with van der Waals surface area (Å²) < 4.78 is 0. The fraction of sp³-hybridized carbons (Fsp3) is 0.625. The van der Waals surface area contributed by atoms with Crippen molar-refractivity contribution >= 4 is 5.91 Å². The summed E-state index contributed by atoms with van der Waals surface area (Å²) in [5, 5.41) is 3.39. The van der Waals surface area contributed by atoms with E-state index in [4.69, 9.17) is 0 Å². The van der Waals surface area contributed by atoms with E-state index in [1.165, 1.54) is 12.8 Å². The number of hydrogen-bond acceptors (Lipinski definition) is 3. The summed E-state index contributed by atoms with van der Waals surface area (Å²) in [6.45, 7) is 5.07. The first-order chi connectivity index (χ1) is 9.74. The van der Waals surface area contributed by atoms with Crippen LogP contribution in [0.15, 0.2) is 18.5 Å². The molecule has 3 rings (SSSR count). The standard InChI is InChI=1S/C16H23N3O/c1-12-8-14(10-18-9-12)16(20)19(15-2-3-15)11-13-4-6-17-7-5-13/h8-10,13,15,17H,2-7,11H2,1H3. The third-order valence-corrected chi connectivity index (χ3v) is 4.28. The number of aryl methyl sites for hydroxylation is 1. The molecule has 1 N–H and O–H groups in total. The van der Waals surface area contributed by atoms with E-state index in [2.05, 4.69) is 15.2 Å². The summed E-state index contributed by atoms with van der Waals surface area (Å²) in [6, 6.07) is 2.42. The first kappa shape index (κ1) is 13.6. The van der Waals surface area contributed by atoms with Gasteiger partial charge in [-0.25, -0.2) is 0 Å². The SMILES string of the molecule is Cc1cncc(C(=O)N(CC2CCNCC2)C2CC2)c1. The molecule has 1 saturated carbocycles. The molecule has 4 heteroatoms. The van der Waals surface area contributed by atoms with Crippen LogP contribution in [-0.4, -0.2) is 41.5 Å². The van der Waals surface area contributed by atoms with Gasteiger partial charge in [-0.3, -0.25) is 9.78 Å². The van der Waals surface area contributed by atoms with Crippen LogP contribution in [0.25, 0.3) is 0 Å². The first-order valence-electron chi connectivity index (χ1n) is 7.67. The average molecular weight is 273 g/mol. The van der Waals surface area contributed by atoms with Crippen LogP contribution in [0.2, 0.25) is 0 Å². The fourth-order valence-electron chi connectivity index (χ4n) is 2.96. The minimum Gasteiger partial charge on any atom is -0.335 e. The maximum Gasteiger partial charge on any atom is 0.255 e. The van der Waals surface area contributed by atoms with Gasteiger partial charge in [0, 0.05) is 25.0 Å². The third kappa shape index (κ3) is 3.18. The molecular formula is C16H23N3O. The topological polar surface area (TPSA) is 45.2 Å². The molecule has 1 saturated heterocycles. The average Bonchev–Trinajstić information content (AvgIpc) is 3.30. The third-order valence-electron chi connectivity index (χ3n) is 4.28. The predicted molar refractivity (Wildman–Crippen MR) is 78.6 cm³/mol. The zero-order chi connectivity index (χ0) is 13.9. The number of piperidine rings is 1. The Kier molecular flexibility index (Phi) is 4.01. The minimum atomic E-state index is 0.169. The van der Waals surface area contributed by atoms with Gasteiger partial charge in [-0.1, -0.05) is 0 Å². The fourth-order valence-corrected chi connectivity index (χ4v) is 2.96. The van der Waals surface area contributed by atoms with E-state index in [9.17, 15) is 4.79 Å². The molecule has 20 heavy (non-hydrogen) atoms. The first-order valence-corrected chi connectivity index (χ1v) is 7.67. The van der Waals surface area contributed by atoms with Gasteiger partial charge in [0.15, 0.2) is 0 Å². The van der Waals surface area contributed by atoms with Crippen LogP contribution in [0.4, 0.5) is 0 Å². The lowest BCUT2D eigenvalue weighted by molar-refractivity contribution is 0.0701. The van der Waals surface area contributed by atoms with Crippen molar-refractivity contribution in [2.45, 2.75) is 38.6 Å². The second kappa shape index (κ2) is 5.92. The second-order valence-electron chi connectivity index (χ2n) is 6.13. The smallest absolute Gasteiger partial charge is 0.255 e. The maximum atomic E-state index is 12.7. The number of pyridine rings is 1. The van der Waals surface area contributed by atoms with Crippen LogP contribution in [0.5, 0.6) is 0 Å². The highest BCUT2D eigenvalue weighted by Crippen LogP contribution is 2.30. The van der Waals surface area contributed by atoms with Crippen LogP contribution >= 0.6 is 0 Å². The Labute approximate surface area is 120 Å². The highest BCUT2D eigenvalue weighted by atomic mass is 16.2. The Morgan fingerprint density at radius 3 is 2.70 bits per heavy atom. The van der Waals surface area contributed by atoms with Crippen molar-refractivity contribution in [2.75, 3.05) is 19.6 Å². The van der Waals surface area contributed by atoms with Crippen LogP contribution in [0.1, 0.15) is 41.6 Å². The van der Waals surface area contributed by atoms with Crippen molar-refractivity contribution in [3.8, 4) is 0 Å². The van der Waals surface area contributed by atoms with Gasteiger partial charge in [0.25, 0.3) is 5.91 Å². The van der Waals surface area contributed by atoms with Gasteiger partial charge in [0.1, 0.15) is 0 Å². The lowest BCUT2D eigenvalue weighted by Crippen LogP contribution is -2.40. The molecule has 2 aliphatic rings. The molecule has 1 aromatic rings. The van der Waals surface area contributed by atoms with Gasteiger partial charge in [0.05, 0.1) is 5.56 Å². The van der Waals surface area contributed by atoms with Gasteiger partial charge in [-0.05, 0) is 63.2 Å². The normalized spacial score (nSPS) is 19.9. The van der Waals surface area contributed by atoms with E-state index in [1.807, 2.05) is 13.0 Å². The summed E-state index contributed by atoms with van der Waals surface area (Å²) >= 11 is 0. The molecule has 0 unspecified atom stereocenters. The van der Waals surface area contributed by atoms with Crippen molar-refractivity contribution in [2.24, 2.45) is 5.92 Å². The molecule has 0 aromatic carbocycles. The number of nitrogens with one attached hydrogen (secondary N) is 1. The number of nitrogens with zero attached hydrogens (tertiary/aromatic N) is 2. The molecule has 2 heterocycles. The summed E-state index contributed by atoms with van der Waals surface area (Å²) in [5.41, 5.74) is 1.79. The molecule has 0 atom stereocenters. The van der Waals surface area contributed by atoms with Gasteiger partial charge >= 0.3 is 0 Å². The summed E-state index contributed by atoms with van der Waals surface area (Å²) in [6.07, 6.45) is 8.19. The molecule has 4 nitrogen and oxygen atoms in total. The van der Waals surface area contributed by atoms with E-state index in [1.54, 1.807) is 12.4 Å². The largest absolute Gasteiger partial charge is 0.335 e. The molecular weight excluding hydrogens is 250 g/mol. The quantitative estimate of drug-likeness (QED) is 0.912. The summed E-state index contributed by atoms with van der Waals surface area (Å²) in [5.74, 6) is 0.820. The Hall–Kier alpha value is -1.42. The van der Waals surface area contributed by atoms with E-state index in [0.29, 0.717) is 12.0 Å². The highest BCUT2D eigenvalue weighted by Gasteiger charge is 2.34. The van der Waals surface area contributed by atoms with Crippen molar-refractivity contribution in [1.82, 2.24) is 15.2 Å². The zero-order valence-corrected chi connectivity index (χ0v) is 12.1. The Morgan fingerprint density at radius 2 is 2.05 bits per heavy atom. The number of amides is 1. The molecule has 108 valence electrons. The molecule has 1 amide bonds. The molecule has 0 spiro atoms. The molecule has 0 bridgehead atoms. The maximum absolute atomic E-state index is 12.7. The van der Waals surface area contributed by atoms with E-state index in [-0.39, 0.29) is 5.91 Å². The van der Waals surface area contributed by atoms with Gasteiger partial charge in [-0.15, -0.1) is 0 Å². The number of hydrogen-bond donors (Lipinski definition) is 1. The molecule has 1 aliphatic heterocycles. The number of carbonyl (C=O) groups is 1. The molecule has 1 aromatic heterocycles. The summed E-state index contributed by atoms with van der Waals surface area (Å²) in [4.78, 5) is 19.0. The Balaban J connectivity index is 1.71. The Morgan fingerprint density at radius 1 is 1.30 bits per heavy atom. The lowest BCUT2D eigenvalue weighted by atomic mass is 9.97. The number of carbonyl (C=O) groups excluding carboxylic acids is 1. The second-order valence-corrected chi connectivity index (χ2v) is 6.13. The van der Waals surface area contributed by atoms with Crippen LogP contribution in [-0.2, 0) is 0 Å². The van der Waals surface area contributed by atoms with Gasteiger partial charge in [-0.2, -0.15) is 0 Å². The molecule has 2 fully saturated rings. The van der Waals surface area contributed by atoms with Crippen LogP contribution in [0, 0.1) is 12.8 Å². The van der Waals surface area contributed by atoms with Crippen LogP contribution in [0.3, 0.4) is 0 Å². The van der Waals surface area contributed by atoms with E-state index >= 15 is 0 Å².